The Balaban J connectivity index is 1.29. The molecule has 1 fully saturated rings. The van der Waals surface area contributed by atoms with Crippen molar-refractivity contribution in [2.24, 2.45) is 0 Å². The zero-order valence-corrected chi connectivity index (χ0v) is 34.1. The zero-order valence-electron chi connectivity index (χ0n) is 34.1. The molecule has 5 rings (SSSR count). The first-order valence-electron chi connectivity index (χ1n) is 21.6. The summed E-state index contributed by atoms with van der Waals surface area (Å²) in [5.74, 6) is -0.359. The Kier molecular flexibility index (Phi) is 20.4. The van der Waals surface area contributed by atoms with Crippen molar-refractivity contribution in [1.29, 1.82) is 0 Å². The third-order valence-corrected chi connectivity index (χ3v) is 10.9. The van der Waals surface area contributed by atoms with Crippen molar-refractivity contribution in [3.63, 3.8) is 0 Å². The molecule has 0 aliphatic heterocycles. The second-order valence-corrected chi connectivity index (χ2v) is 15.5. The Hall–Kier alpha value is -3.85. The van der Waals surface area contributed by atoms with E-state index in [1.54, 1.807) is 0 Å². The largest absolute Gasteiger partial charge is 0.457 e. The molecule has 0 heterocycles. The number of hydrogen-bond acceptors (Lipinski definition) is 7. The van der Waals surface area contributed by atoms with Gasteiger partial charge in [0.05, 0.1) is 26.4 Å². The molecule has 0 saturated heterocycles. The standard InChI is InChI=1S/C50H66O7/c1-2-3-4-5-6-7-8-9-10-11-12-13-26-35-44(51)57-47-45(52)46(53-36-40-27-18-14-19-28-40)48(54-37-41-29-20-15-21-30-41)50(56-39-43-33-24-17-25-34-43)49(47)55-38-42-31-22-16-23-32-42/h14-25,27-34,45-50,52H,2-13,26,35-39H2,1H3/t45-,46?,47?,48?,49+,50+/m1/s1. The van der Waals surface area contributed by atoms with Gasteiger partial charge in [-0.15, -0.1) is 0 Å². The van der Waals surface area contributed by atoms with Crippen molar-refractivity contribution in [2.45, 2.75) is 160 Å². The number of rotatable bonds is 27. The molecule has 0 aromatic heterocycles. The molecule has 4 aromatic carbocycles. The van der Waals surface area contributed by atoms with Crippen molar-refractivity contribution in [2.75, 3.05) is 0 Å². The van der Waals surface area contributed by atoms with Crippen LogP contribution in [0.1, 0.15) is 119 Å². The number of unbranched alkanes of at least 4 members (excludes halogenated alkanes) is 12. The average Bonchev–Trinajstić information content (AvgIpc) is 3.25. The number of hydrogen-bond donors (Lipinski definition) is 1. The van der Waals surface area contributed by atoms with Gasteiger partial charge in [0, 0.05) is 6.42 Å². The highest BCUT2D eigenvalue weighted by Gasteiger charge is 2.55. The van der Waals surface area contributed by atoms with Crippen LogP contribution >= 0.6 is 0 Å². The third kappa shape index (κ3) is 15.8. The van der Waals surface area contributed by atoms with Gasteiger partial charge in [-0.25, -0.2) is 0 Å². The first-order valence-corrected chi connectivity index (χ1v) is 21.6. The van der Waals surface area contributed by atoms with E-state index in [2.05, 4.69) is 6.92 Å². The number of carbonyl (C=O) groups excluding carboxylic acids is 1. The molecule has 7 nitrogen and oxygen atoms in total. The van der Waals surface area contributed by atoms with Crippen LogP contribution < -0.4 is 0 Å². The van der Waals surface area contributed by atoms with Crippen LogP contribution in [0.2, 0.25) is 0 Å². The minimum Gasteiger partial charge on any atom is -0.457 e. The van der Waals surface area contributed by atoms with Crippen LogP contribution in [0.4, 0.5) is 0 Å². The highest BCUT2D eigenvalue weighted by atomic mass is 16.6. The summed E-state index contributed by atoms with van der Waals surface area (Å²) in [6.07, 6.45) is 10.7. The third-order valence-electron chi connectivity index (χ3n) is 10.9. The molecule has 1 aliphatic rings. The Bertz CT molecular complexity index is 1600. The van der Waals surface area contributed by atoms with Crippen LogP contribution in [0, 0.1) is 0 Å². The van der Waals surface area contributed by atoms with E-state index in [9.17, 15) is 9.90 Å². The lowest BCUT2D eigenvalue weighted by Crippen LogP contribution is -2.67. The monoisotopic (exact) mass is 778 g/mol. The van der Waals surface area contributed by atoms with Gasteiger partial charge in [-0.3, -0.25) is 4.79 Å². The molecule has 0 amide bonds. The molecule has 0 bridgehead atoms. The summed E-state index contributed by atoms with van der Waals surface area (Å²) < 4.78 is 33.0. The number of aliphatic hydroxyl groups excluding tert-OH is 1. The van der Waals surface area contributed by atoms with Gasteiger partial charge in [0.15, 0.2) is 6.10 Å². The number of aliphatic hydroxyl groups is 1. The Morgan fingerprint density at radius 2 is 0.719 bits per heavy atom. The van der Waals surface area contributed by atoms with E-state index in [1.165, 1.54) is 64.2 Å². The summed E-state index contributed by atoms with van der Waals surface area (Å²) in [5, 5.41) is 12.3. The summed E-state index contributed by atoms with van der Waals surface area (Å²) in [6, 6.07) is 39.6. The van der Waals surface area contributed by atoms with Gasteiger partial charge in [-0.05, 0) is 28.7 Å². The average molecular weight is 779 g/mol. The van der Waals surface area contributed by atoms with E-state index in [1.807, 2.05) is 121 Å². The molecule has 0 radical (unpaired) electrons. The summed E-state index contributed by atoms with van der Waals surface area (Å²) in [4.78, 5) is 13.6. The molecule has 4 aromatic rings. The highest BCUT2D eigenvalue weighted by molar-refractivity contribution is 5.69. The van der Waals surface area contributed by atoms with Crippen molar-refractivity contribution in [1.82, 2.24) is 0 Å². The Morgan fingerprint density at radius 3 is 1.09 bits per heavy atom. The van der Waals surface area contributed by atoms with Gasteiger partial charge in [0.2, 0.25) is 0 Å². The number of ether oxygens (including phenoxy) is 5. The fourth-order valence-corrected chi connectivity index (χ4v) is 7.60. The highest BCUT2D eigenvalue weighted by Crippen LogP contribution is 2.35. The van der Waals surface area contributed by atoms with Crippen LogP contribution in [0.15, 0.2) is 121 Å². The van der Waals surface area contributed by atoms with Crippen molar-refractivity contribution in [3.8, 4) is 0 Å². The lowest BCUT2D eigenvalue weighted by molar-refractivity contribution is -0.277. The van der Waals surface area contributed by atoms with E-state index in [0.29, 0.717) is 0 Å². The molecule has 0 spiro atoms. The van der Waals surface area contributed by atoms with Gasteiger partial charge >= 0.3 is 5.97 Å². The van der Waals surface area contributed by atoms with Gasteiger partial charge in [-0.2, -0.15) is 0 Å². The molecular weight excluding hydrogens is 713 g/mol. The fourth-order valence-electron chi connectivity index (χ4n) is 7.60. The molecule has 6 atom stereocenters. The van der Waals surface area contributed by atoms with Gasteiger partial charge in [0.25, 0.3) is 0 Å². The minimum atomic E-state index is -1.25. The summed E-state index contributed by atoms with van der Waals surface area (Å²) in [5.41, 5.74) is 3.86. The Morgan fingerprint density at radius 1 is 0.421 bits per heavy atom. The van der Waals surface area contributed by atoms with E-state index >= 15 is 0 Å². The molecule has 3 unspecified atom stereocenters. The molecule has 308 valence electrons. The fraction of sp³-hybridized carbons (Fsp3) is 0.500. The van der Waals surface area contributed by atoms with Crippen LogP contribution in [-0.4, -0.2) is 47.7 Å². The predicted molar refractivity (Wildman–Crippen MR) is 226 cm³/mol. The number of benzene rings is 4. The summed E-state index contributed by atoms with van der Waals surface area (Å²) >= 11 is 0. The number of esters is 1. The van der Waals surface area contributed by atoms with Crippen LogP contribution in [-0.2, 0) is 54.9 Å². The zero-order chi connectivity index (χ0) is 39.8. The van der Waals surface area contributed by atoms with Gasteiger partial charge in [0.1, 0.15) is 30.5 Å². The second kappa shape index (κ2) is 26.2. The van der Waals surface area contributed by atoms with E-state index in [0.717, 1.165) is 41.5 Å². The van der Waals surface area contributed by atoms with E-state index < -0.39 is 36.6 Å². The molecular formula is C50H66O7. The lowest BCUT2D eigenvalue weighted by Gasteiger charge is -2.48. The first-order chi connectivity index (χ1) is 28.1. The maximum Gasteiger partial charge on any atom is 0.306 e. The van der Waals surface area contributed by atoms with Crippen molar-refractivity contribution < 1.29 is 33.6 Å². The van der Waals surface area contributed by atoms with E-state index in [4.69, 9.17) is 23.7 Å². The summed E-state index contributed by atoms with van der Waals surface area (Å²) in [7, 11) is 0. The first kappa shape index (κ1) is 44.3. The quantitative estimate of drug-likeness (QED) is 0.0477. The summed E-state index contributed by atoms with van der Waals surface area (Å²) in [6.45, 7) is 3.26. The van der Waals surface area contributed by atoms with Gasteiger partial charge < -0.3 is 28.8 Å². The lowest BCUT2D eigenvalue weighted by atomic mass is 9.83. The topological polar surface area (TPSA) is 83.5 Å². The van der Waals surface area contributed by atoms with Crippen molar-refractivity contribution in [3.05, 3.63) is 144 Å². The Labute approximate surface area is 342 Å². The van der Waals surface area contributed by atoms with Gasteiger partial charge in [-0.1, -0.05) is 205 Å². The molecule has 1 aliphatic carbocycles. The smallest absolute Gasteiger partial charge is 0.306 e. The molecule has 57 heavy (non-hydrogen) atoms. The minimum absolute atomic E-state index is 0.230. The molecule has 1 N–H and O–H groups in total. The van der Waals surface area contributed by atoms with Crippen LogP contribution in [0.3, 0.4) is 0 Å². The SMILES string of the molecule is CCCCCCCCCCCCCCCC(=O)OC1[C@H](O)C(OCc2ccccc2)C(OCc2ccccc2)[C@H](OCc2ccccc2)[C@H]1OCc1ccccc1. The molecule has 7 heteroatoms. The van der Waals surface area contributed by atoms with Crippen LogP contribution in [0.25, 0.3) is 0 Å². The molecule has 1 saturated carbocycles. The number of carbonyl (C=O) groups is 1. The maximum absolute atomic E-state index is 13.6. The maximum atomic E-state index is 13.6. The van der Waals surface area contributed by atoms with Crippen LogP contribution in [0.5, 0.6) is 0 Å². The normalized spacial score (nSPS) is 20.7. The predicted octanol–water partition coefficient (Wildman–Crippen LogP) is 11.1. The van der Waals surface area contributed by atoms with Crippen molar-refractivity contribution >= 4 is 5.97 Å². The second-order valence-electron chi connectivity index (χ2n) is 15.5. The van der Waals surface area contributed by atoms with E-state index in [-0.39, 0.29) is 38.8 Å².